The molecule has 5 nitrogen and oxygen atoms in total. The van der Waals surface area contributed by atoms with Crippen molar-refractivity contribution in [2.75, 3.05) is 33.2 Å². The number of hydrogen-bond acceptors (Lipinski definition) is 4. The molecule has 0 bridgehead atoms. The quantitative estimate of drug-likeness (QED) is 0.612. The van der Waals surface area contributed by atoms with Gasteiger partial charge in [0.05, 0.1) is 0 Å². The summed E-state index contributed by atoms with van der Waals surface area (Å²) in [6.45, 7) is 2.92. The lowest BCUT2D eigenvalue weighted by molar-refractivity contribution is 0.0712. The summed E-state index contributed by atoms with van der Waals surface area (Å²) in [5.41, 5.74) is 0. The standard InChI is InChI=1S/C5H12ClN3O2S/c1-8(12(6,10)11)9-4-2-7-3-5-9/h7H,2-5H2,1H3. The van der Waals surface area contributed by atoms with Crippen LogP contribution >= 0.6 is 10.7 Å². The molecule has 1 aliphatic rings. The van der Waals surface area contributed by atoms with Gasteiger partial charge in [0.15, 0.2) is 0 Å². The van der Waals surface area contributed by atoms with Crippen LogP contribution in [0.4, 0.5) is 0 Å². The molecule has 1 fully saturated rings. The number of nitrogens with zero attached hydrogens (tertiary/aromatic N) is 2. The first-order chi connectivity index (χ1) is 5.52. The van der Waals surface area contributed by atoms with Gasteiger partial charge in [-0.05, 0) is 0 Å². The zero-order valence-electron chi connectivity index (χ0n) is 6.83. The second-order valence-corrected chi connectivity index (χ2v) is 5.10. The Kier molecular flexibility index (Phi) is 3.30. The van der Waals surface area contributed by atoms with Gasteiger partial charge in [-0.25, -0.2) is 5.01 Å². The van der Waals surface area contributed by atoms with Crippen LogP contribution in [0.1, 0.15) is 0 Å². The van der Waals surface area contributed by atoms with Crippen molar-refractivity contribution < 1.29 is 8.42 Å². The van der Waals surface area contributed by atoms with Gasteiger partial charge in [0.1, 0.15) is 0 Å². The van der Waals surface area contributed by atoms with Gasteiger partial charge in [-0.15, -0.1) is 4.41 Å². The van der Waals surface area contributed by atoms with Crippen LogP contribution in [0, 0.1) is 0 Å². The number of piperazine rings is 1. The van der Waals surface area contributed by atoms with E-state index in [1.54, 1.807) is 5.01 Å². The third kappa shape index (κ3) is 2.56. The van der Waals surface area contributed by atoms with Gasteiger partial charge in [-0.1, -0.05) is 0 Å². The smallest absolute Gasteiger partial charge is 0.312 e. The first-order valence-electron chi connectivity index (χ1n) is 3.66. The third-order valence-corrected chi connectivity index (χ3v) is 3.27. The van der Waals surface area contributed by atoms with Crippen molar-refractivity contribution in [3.05, 3.63) is 0 Å². The van der Waals surface area contributed by atoms with E-state index >= 15 is 0 Å². The average Bonchev–Trinajstić information content (AvgIpc) is 2.03. The fraction of sp³-hybridized carbons (Fsp3) is 1.00. The van der Waals surface area contributed by atoms with Gasteiger partial charge in [-0.2, -0.15) is 8.42 Å². The SMILES string of the molecule is CN(N1CCNCC1)S(=O)(=O)Cl. The van der Waals surface area contributed by atoms with Crippen LogP contribution in [0.15, 0.2) is 0 Å². The van der Waals surface area contributed by atoms with Gasteiger partial charge < -0.3 is 5.32 Å². The molecule has 7 heteroatoms. The topological polar surface area (TPSA) is 52.6 Å². The average molecular weight is 214 g/mol. The molecule has 1 N–H and O–H groups in total. The molecule has 0 aromatic heterocycles. The maximum Gasteiger partial charge on any atom is 0.312 e. The van der Waals surface area contributed by atoms with E-state index in [1.165, 1.54) is 7.05 Å². The summed E-state index contributed by atoms with van der Waals surface area (Å²) in [7, 11) is 3.01. The highest BCUT2D eigenvalue weighted by Gasteiger charge is 2.22. The van der Waals surface area contributed by atoms with Gasteiger partial charge >= 0.3 is 9.24 Å². The van der Waals surface area contributed by atoms with Crippen molar-refractivity contribution in [2.45, 2.75) is 0 Å². The van der Waals surface area contributed by atoms with Crippen LogP contribution in [0.3, 0.4) is 0 Å². The molecule has 0 radical (unpaired) electrons. The van der Waals surface area contributed by atoms with Crippen molar-refractivity contribution in [1.82, 2.24) is 14.7 Å². The first-order valence-corrected chi connectivity index (χ1v) is 5.92. The van der Waals surface area contributed by atoms with Crippen LogP contribution in [0.25, 0.3) is 0 Å². The van der Waals surface area contributed by atoms with Gasteiger partial charge in [0, 0.05) is 43.9 Å². The number of hydrogen-bond donors (Lipinski definition) is 1. The van der Waals surface area contributed by atoms with Crippen molar-refractivity contribution in [1.29, 1.82) is 0 Å². The zero-order chi connectivity index (χ0) is 9.19. The fourth-order valence-corrected chi connectivity index (χ4v) is 1.77. The zero-order valence-corrected chi connectivity index (χ0v) is 8.40. The predicted octanol–water partition coefficient (Wildman–Crippen LogP) is -0.778. The summed E-state index contributed by atoms with van der Waals surface area (Å²) in [5, 5.41) is 4.81. The molecule has 12 heavy (non-hydrogen) atoms. The molecule has 1 aliphatic heterocycles. The highest BCUT2D eigenvalue weighted by Crippen LogP contribution is 2.07. The summed E-state index contributed by atoms with van der Waals surface area (Å²) in [6.07, 6.45) is 0. The molecular formula is C5H12ClN3O2S. The lowest BCUT2D eigenvalue weighted by atomic mass is 10.4. The van der Waals surface area contributed by atoms with E-state index in [9.17, 15) is 8.42 Å². The molecular weight excluding hydrogens is 202 g/mol. The monoisotopic (exact) mass is 213 g/mol. The van der Waals surface area contributed by atoms with E-state index in [0.29, 0.717) is 13.1 Å². The second-order valence-electron chi connectivity index (χ2n) is 2.58. The maximum atomic E-state index is 10.9. The van der Waals surface area contributed by atoms with E-state index < -0.39 is 9.24 Å². The Morgan fingerprint density at radius 3 is 2.33 bits per heavy atom. The Bertz CT molecular complexity index is 237. The normalized spacial score (nSPS) is 21.6. The summed E-state index contributed by atoms with van der Waals surface area (Å²) >= 11 is 0. The molecule has 0 spiro atoms. The van der Waals surface area contributed by atoms with Crippen molar-refractivity contribution >= 4 is 19.9 Å². The molecule has 0 aromatic carbocycles. The molecule has 1 heterocycles. The van der Waals surface area contributed by atoms with Gasteiger partial charge in [0.25, 0.3) is 0 Å². The molecule has 0 aromatic rings. The van der Waals surface area contributed by atoms with Gasteiger partial charge in [0.2, 0.25) is 0 Å². The molecule has 72 valence electrons. The molecule has 0 aliphatic carbocycles. The molecule has 1 saturated heterocycles. The van der Waals surface area contributed by atoms with Crippen LogP contribution in [0.5, 0.6) is 0 Å². The number of nitrogens with one attached hydrogen (secondary N) is 1. The summed E-state index contributed by atoms with van der Waals surface area (Å²) in [5.74, 6) is 0. The summed E-state index contributed by atoms with van der Waals surface area (Å²) in [6, 6.07) is 0. The lowest BCUT2D eigenvalue weighted by Gasteiger charge is -2.32. The van der Waals surface area contributed by atoms with Crippen molar-refractivity contribution in [3.8, 4) is 0 Å². The molecule has 0 saturated carbocycles. The Morgan fingerprint density at radius 1 is 1.42 bits per heavy atom. The fourth-order valence-electron chi connectivity index (χ4n) is 1.07. The Hall–Kier alpha value is 0.120. The molecule has 0 unspecified atom stereocenters. The number of halogens is 1. The number of hydrazine groups is 1. The van der Waals surface area contributed by atoms with E-state index in [4.69, 9.17) is 10.7 Å². The predicted molar refractivity (Wildman–Crippen MR) is 47.0 cm³/mol. The highest BCUT2D eigenvalue weighted by atomic mass is 35.7. The Balaban J connectivity index is 2.57. The Morgan fingerprint density at radius 2 is 1.92 bits per heavy atom. The minimum absolute atomic E-state index is 0.669. The minimum Gasteiger partial charge on any atom is -0.314 e. The summed E-state index contributed by atoms with van der Waals surface area (Å²) in [4.78, 5) is 0. The third-order valence-electron chi connectivity index (χ3n) is 1.81. The minimum atomic E-state index is -3.60. The van der Waals surface area contributed by atoms with Crippen LogP contribution in [0.2, 0.25) is 0 Å². The maximum absolute atomic E-state index is 10.9. The van der Waals surface area contributed by atoms with E-state index in [0.717, 1.165) is 17.5 Å². The Labute approximate surface area is 76.8 Å². The van der Waals surface area contributed by atoms with Gasteiger partial charge in [-0.3, -0.25) is 0 Å². The van der Waals surface area contributed by atoms with Crippen LogP contribution in [-0.2, 0) is 9.24 Å². The van der Waals surface area contributed by atoms with E-state index in [-0.39, 0.29) is 0 Å². The molecule has 0 amide bonds. The highest BCUT2D eigenvalue weighted by molar-refractivity contribution is 8.11. The molecule has 1 rings (SSSR count). The molecule has 0 atom stereocenters. The van der Waals surface area contributed by atoms with Crippen molar-refractivity contribution in [2.24, 2.45) is 0 Å². The largest absolute Gasteiger partial charge is 0.314 e. The lowest BCUT2D eigenvalue weighted by Crippen LogP contribution is -2.51. The van der Waals surface area contributed by atoms with E-state index in [1.807, 2.05) is 0 Å². The summed E-state index contributed by atoms with van der Waals surface area (Å²) < 4.78 is 22.8. The van der Waals surface area contributed by atoms with Crippen LogP contribution in [-0.4, -0.2) is 51.1 Å². The van der Waals surface area contributed by atoms with Crippen molar-refractivity contribution in [3.63, 3.8) is 0 Å². The first kappa shape index (κ1) is 10.2. The van der Waals surface area contributed by atoms with E-state index in [2.05, 4.69) is 5.32 Å². The second kappa shape index (κ2) is 3.89. The van der Waals surface area contributed by atoms with Crippen LogP contribution < -0.4 is 5.32 Å². The number of rotatable bonds is 2.